The molecule has 0 amide bonds. The molecule has 0 saturated carbocycles. The molecular weight excluding hydrogens is 218 g/mol. The molecule has 4 nitrogen and oxygen atoms in total. The number of nitrogens with two attached hydrogens (primary N) is 1. The topological polar surface area (TPSA) is 80.4 Å². The second kappa shape index (κ2) is 11.6. The van der Waals surface area contributed by atoms with Crippen LogP contribution in [-0.4, -0.2) is 23.4 Å². The Hall–Kier alpha value is -0.900. The summed E-state index contributed by atoms with van der Waals surface area (Å²) in [5.74, 6) is -0.508. The van der Waals surface area contributed by atoms with Gasteiger partial charge in [0, 0.05) is 19.3 Å². The van der Waals surface area contributed by atoms with Crippen LogP contribution in [0.4, 0.5) is 0 Å². The van der Waals surface area contributed by atoms with Crippen LogP contribution in [-0.2, 0) is 9.59 Å². The molecule has 0 rings (SSSR count). The van der Waals surface area contributed by atoms with Crippen molar-refractivity contribution in [3.05, 3.63) is 0 Å². The monoisotopic (exact) mass is 243 g/mol. The maximum absolute atomic E-state index is 11.4. The van der Waals surface area contributed by atoms with Gasteiger partial charge in [-0.15, -0.1) is 0 Å². The number of ketones is 1. The van der Waals surface area contributed by atoms with Crippen LogP contribution in [0.5, 0.6) is 0 Å². The van der Waals surface area contributed by atoms with Crippen molar-refractivity contribution in [3.8, 4) is 0 Å². The van der Waals surface area contributed by atoms with E-state index in [1.165, 1.54) is 0 Å². The lowest BCUT2D eigenvalue weighted by molar-refractivity contribution is -0.137. The molecule has 17 heavy (non-hydrogen) atoms. The summed E-state index contributed by atoms with van der Waals surface area (Å²) in [6, 6.07) is 0. The van der Waals surface area contributed by atoms with Crippen molar-refractivity contribution in [3.63, 3.8) is 0 Å². The van der Waals surface area contributed by atoms with Crippen molar-refractivity contribution in [2.24, 2.45) is 5.73 Å². The second-order valence-corrected chi connectivity index (χ2v) is 4.45. The quantitative estimate of drug-likeness (QED) is 0.516. The Balaban J connectivity index is 3.20. The largest absolute Gasteiger partial charge is 0.481 e. The van der Waals surface area contributed by atoms with Crippen molar-refractivity contribution >= 4 is 11.8 Å². The van der Waals surface area contributed by atoms with E-state index in [2.05, 4.69) is 0 Å². The third-order valence-corrected chi connectivity index (χ3v) is 2.76. The lowest BCUT2D eigenvalue weighted by atomic mass is 10.0. The van der Waals surface area contributed by atoms with Crippen LogP contribution in [0, 0.1) is 0 Å². The van der Waals surface area contributed by atoms with E-state index in [9.17, 15) is 9.59 Å². The van der Waals surface area contributed by atoms with Gasteiger partial charge in [-0.05, 0) is 32.2 Å². The van der Waals surface area contributed by atoms with Gasteiger partial charge in [-0.1, -0.05) is 19.3 Å². The van der Waals surface area contributed by atoms with E-state index in [1.54, 1.807) is 0 Å². The maximum Gasteiger partial charge on any atom is 0.303 e. The molecule has 0 fully saturated rings. The Morgan fingerprint density at radius 3 is 1.82 bits per heavy atom. The molecule has 0 atom stereocenters. The van der Waals surface area contributed by atoms with Gasteiger partial charge in [0.15, 0.2) is 0 Å². The second-order valence-electron chi connectivity index (χ2n) is 4.45. The summed E-state index contributed by atoms with van der Waals surface area (Å²) in [4.78, 5) is 21.7. The molecule has 0 unspecified atom stereocenters. The van der Waals surface area contributed by atoms with E-state index < -0.39 is 5.97 Å². The molecule has 0 aliphatic carbocycles. The van der Waals surface area contributed by atoms with Crippen LogP contribution < -0.4 is 5.73 Å². The van der Waals surface area contributed by atoms with Gasteiger partial charge in [-0.25, -0.2) is 0 Å². The maximum atomic E-state index is 11.4. The Morgan fingerprint density at radius 1 is 0.765 bits per heavy atom. The van der Waals surface area contributed by atoms with Crippen molar-refractivity contribution in [1.82, 2.24) is 0 Å². The van der Waals surface area contributed by atoms with Crippen molar-refractivity contribution in [1.29, 1.82) is 0 Å². The van der Waals surface area contributed by atoms with Gasteiger partial charge in [0.05, 0.1) is 0 Å². The molecule has 3 N–H and O–H groups in total. The van der Waals surface area contributed by atoms with Gasteiger partial charge in [0.2, 0.25) is 0 Å². The molecule has 0 bridgehead atoms. The van der Waals surface area contributed by atoms with Crippen LogP contribution in [0.1, 0.15) is 64.2 Å². The number of aliphatic carboxylic acids is 1. The first-order valence-electron chi connectivity index (χ1n) is 6.60. The number of hydrogen-bond acceptors (Lipinski definition) is 3. The normalized spacial score (nSPS) is 10.4. The fraction of sp³-hybridized carbons (Fsp3) is 0.846. The molecule has 0 aliphatic heterocycles. The van der Waals surface area contributed by atoms with Crippen molar-refractivity contribution in [2.75, 3.05) is 6.54 Å². The van der Waals surface area contributed by atoms with E-state index in [0.717, 1.165) is 38.6 Å². The number of rotatable bonds is 12. The lowest BCUT2D eigenvalue weighted by Crippen LogP contribution is -2.00. The summed E-state index contributed by atoms with van der Waals surface area (Å²) in [5, 5.41) is 8.43. The predicted molar refractivity (Wildman–Crippen MR) is 67.9 cm³/mol. The molecule has 0 aromatic rings. The smallest absolute Gasteiger partial charge is 0.303 e. The molecule has 0 aromatic carbocycles. The number of Topliss-reactive ketones (excluding diaryl/α,β-unsaturated/α-hetero) is 1. The lowest BCUT2D eigenvalue weighted by Gasteiger charge is -2.01. The predicted octanol–water partition coefficient (Wildman–Crippen LogP) is 2.50. The highest BCUT2D eigenvalue weighted by Gasteiger charge is 2.03. The third kappa shape index (κ3) is 13.0. The molecule has 0 heterocycles. The highest BCUT2D eigenvalue weighted by atomic mass is 16.4. The minimum Gasteiger partial charge on any atom is -0.481 e. The van der Waals surface area contributed by atoms with Gasteiger partial charge in [0.1, 0.15) is 5.78 Å². The standard InChI is InChI=1S/C13H25NO3/c14-11-7-3-1-2-4-8-12(15)9-5-6-10-13(16)17/h1-11,14H2,(H,16,17). The van der Waals surface area contributed by atoms with E-state index >= 15 is 0 Å². The molecule has 4 heteroatoms. The average molecular weight is 243 g/mol. The molecular formula is C13H25NO3. The summed E-state index contributed by atoms with van der Waals surface area (Å²) in [6.07, 6.45) is 8.12. The van der Waals surface area contributed by atoms with Gasteiger partial charge in [-0.3, -0.25) is 9.59 Å². The van der Waals surface area contributed by atoms with Crippen LogP contribution in [0.15, 0.2) is 0 Å². The Kier molecular flexibility index (Phi) is 11.0. The zero-order valence-corrected chi connectivity index (χ0v) is 10.6. The van der Waals surface area contributed by atoms with Gasteiger partial charge >= 0.3 is 5.97 Å². The van der Waals surface area contributed by atoms with Crippen molar-refractivity contribution in [2.45, 2.75) is 64.2 Å². The summed E-state index contributed by atoms with van der Waals surface area (Å²) >= 11 is 0. The van der Waals surface area contributed by atoms with Crippen LogP contribution in [0.25, 0.3) is 0 Å². The molecule has 0 radical (unpaired) electrons. The summed E-state index contributed by atoms with van der Waals surface area (Å²) in [6.45, 7) is 0.752. The SMILES string of the molecule is NCCCCCCCC(=O)CCCCC(=O)O. The van der Waals surface area contributed by atoms with E-state index in [-0.39, 0.29) is 12.2 Å². The Bertz CT molecular complexity index is 217. The fourth-order valence-electron chi connectivity index (χ4n) is 1.72. The minimum absolute atomic E-state index is 0.173. The first kappa shape index (κ1) is 16.1. The van der Waals surface area contributed by atoms with E-state index in [0.29, 0.717) is 25.7 Å². The minimum atomic E-state index is -0.780. The summed E-state index contributed by atoms with van der Waals surface area (Å²) in [7, 11) is 0. The van der Waals surface area contributed by atoms with E-state index in [1.807, 2.05) is 0 Å². The summed E-state index contributed by atoms with van der Waals surface area (Å²) in [5.41, 5.74) is 5.38. The van der Waals surface area contributed by atoms with E-state index in [4.69, 9.17) is 10.8 Å². The molecule has 0 spiro atoms. The molecule has 0 aliphatic rings. The Morgan fingerprint density at radius 2 is 1.24 bits per heavy atom. The van der Waals surface area contributed by atoms with Gasteiger partial charge < -0.3 is 10.8 Å². The molecule has 0 aromatic heterocycles. The van der Waals surface area contributed by atoms with Crippen LogP contribution in [0.3, 0.4) is 0 Å². The number of carboxylic acid groups (broad SMARTS) is 1. The highest BCUT2D eigenvalue weighted by Crippen LogP contribution is 2.08. The zero-order valence-electron chi connectivity index (χ0n) is 10.6. The van der Waals surface area contributed by atoms with Crippen LogP contribution >= 0.6 is 0 Å². The first-order chi connectivity index (χ1) is 8.16. The van der Waals surface area contributed by atoms with Crippen molar-refractivity contribution < 1.29 is 14.7 Å². The number of hydrogen-bond donors (Lipinski definition) is 2. The third-order valence-electron chi connectivity index (χ3n) is 2.76. The zero-order chi connectivity index (χ0) is 12.9. The van der Waals surface area contributed by atoms with Crippen LogP contribution in [0.2, 0.25) is 0 Å². The number of carbonyl (C=O) groups is 2. The fourth-order valence-corrected chi connectivity index (χ4v) is 1.72. The highest BCUT2D eigenvalue weighted by molar-refractivity contribution is 5.78. The average Bonchev–Trinajstić information content (AvgIpc) is 2.29. The van der Waals surface area contributed by atoms with Gasteiger partial charge in [0.25, 0.3) is 0 Å². The number of carbonyl (C=O) groups excluding carboxylic acids is 1. The number of carboxylic acids is 1. The summed E-state index contributed by atoms with van der Waals surface area (Å²) < 4.78 is 0. The number of unbranched alkanes of at least 4 members (excludes halogenated alkanes) is 5. The van der Waals surface area contributed by atoms with Gasteiger partial charge in [-0.2, -0.15) is 0 Å². The molecule has 100 valence electrons. The molecule has 0 saturated heterocycles. The Labute approximate surface area is 104 Å². The first-order valence-corrected chi connectivity index (χ1v) is 6.60.